The third-order valence-corrected chi connectivity index (χ3v) is 3.02. The minimum absolute atomic E-state index is 0.511. The van der Waals surface area contributed by atoms with Crippen molar-refractivity contribution < 1.29 is 18.0 Å². The Morgan fingerprint density at radius 1 is 1.33 bits per heavy atom. The summed E-state index contributed by atoms with van der Waals surface area (Å²) in [5.74, 6) is 0.511. The van der Waals surface area contributed by atoms with Crippen LogP contribution in [0.1, 0.15) is 19.8 Å². The second kappa shape index (κ2) is 6.82. The molecule has 106 valence electrons. The van der Waals surface area contributed by atoms with Crippen molar-refractivity contribution in [2.45, 2.75) is 25.9 Å². The van der Waals surface area contributed by atoms with Crippen molar-refractivity contribution in [2.75, 3.05) is 32.7 Å². The number of hydrogen-bond donors (Lipinski definition) is 2. The zero-order valence-corrected chi connectivity index (χ0v) is 10.5. The fourth-order valence-corrected chi connectivity index (χ4v) is 1.98. The first-order chi connectivity index (χ1) is 8.42. The van der Waals surface area contributed by atoms with E-state index in [0.717, 1.165) is 25.9 Å². The van der Waals surface area contributed by atoms with E-state index in [1.54, 1.807) is 0 Å². The maximum atomic E-state index is 11.9. The Kier molecular flexibility index (Phi) is 5.71. The summed E-state index contributed by atoms with van der Waals surface area (Å²) in [7, 11) is 0. The molecule has 0 atom stereocenters. The summed E-state index contributed by atoms with van der Waals surface area (Å²) in [6.07, 6.45) is -2.67. The van der Waals surface area contributed by atoms with E-state index in [1.807, 2.05) is 12.2 Å². The van der Waals surface area contributed by atoms with E-state index in [2.05, 4.69) is 5.32 Å². The second-order valence-electron chi connectivity index (χ2n) is 4.51. The van der Waals surface area contributed by atoms with Gasteiger partial charge in [0.1, 0.15) is 6.54 Å². The lowest BCUT2D eigenvalue weighted by Crippen LogP contribution is -2.47. The average molecular weight is 267 g/mol. The Morgan fingerprint density at radius 3 is 2.44 bits per heavy atom. The molecule has 0 saturated carbocycles. The van der Waals surface area contributed by atoms with Crippen molar-refractivity contribution in [1.82, 2.24) is 15.5 Å². The number of urea groups is 1. The maximum absolute atomic E-state index is 11.9. The van der Waals surface area contributed by atoms with E-state index in [9.17, 15) is 18.0 Å². The lowest BCUT2D eigenvalue weighted by molar-refractivity contribution is -0.123. The smallest absolute Gasteiger partial charge is 0.329 e. The third kappa shape index (κ3) is 5.57. The fraction of sp³-hybridized carbons (Fsp3) is 0.909. The quantitative estimate of drug-likeness (QED) is 0.812. The molecule has 0 aromatic rings. The SMILES string of the molecule is CCNCC1CCN(C(=O)NCC(F)(F)F)CC1. The standard InChI is InChI=1S/C11H20F3N3O/c1-2-15-7-9-3-5-17(6-4-9)10(18)16-8-11(12,13)14/h9,15H,2-8H2,1H3,(H,16,18). The zero-order chi connectivity index (χ0) is 13.6. The molecule has 0 spiro atoms. The van der Waals surface area contributed by atoms with Crippen LogP contribution < -0.4 is 10.6 Å². The molecule has 7 heteroatoms. The first kappa shape index (κ1) is 15.1. The molecule has 18 heavy (non-hydrogen) atoms. The van der Waals surface area contributed by atoms with Crippen LogP contribution in [0.3, 0.4) is 0 Å². The van der Waals surface area contributed by atoms with Crippen LogP contribution in [0.4, 0.5) is 18.0 Å². The van der Waals surface area contributed by atoms with Gasteiger partial charge in [-0.15, -0.1) is 0 Å². The molecule has 1 aliphatic rings. The number of halogens is 3. The van der Waals surface area contributed by atoms with Crippen LogP contribution in [0, 0.1) is 5.92 Å². The van der Waals surface area contributed by atoms with E-state index in [-0.39, 0.29) is 0 Å². The number of nitrogens with zero attached hydrogens (tertiary/aromatic N) is 1. The number of likely N-dealkylation sites (tertiary alicyclic amines) is 1. The second-order valence-corrected chi connectivity index (χ2v) is 4.51. The van der Waals surface area contributed by atoms with Gasteiger partial charge in [-0.05, 0) is 31.8 Å². The molecule has 0 aromatic heterocycles. The molecular formula is C11H20F3N3O. The molecule has 1 heterocycles. The largest absolute Gasteiger partial charge is 0.405 e. The summed E-state index contributed by atoms with van der Waals surface area (Å²) in [6, 6.07) is -0.616. The van der Waals surface area contributed by atoms with Crippen LogP contribution in [0.5, 0.6) is 0 Å². The van der Waals surface area contributed by atoms with Gasteiger partial charge in [0.2, 0.25) is 0 Å². The molecular weight excluding hydrogens is 247 g/mol. The Labute approximate surface area is 105 Å². The molecule has 0 aliphatic carbocycles. The van der Waals surface area contributed by atoms with Crippen molar-refractivity contribution in [1.29, 1.82) is 0 Å². The van der Waals surface area contributed by atoms with Crippen molar-refractivity contribution >= 4 is 6.03 Å². The van der Waals surface area contributed by atoms with E-state index in [0.29, 0.717) is 19.0 Å². The van der Waals surface area contributed by atoms with Gasteiger partial charge in [0.25, 0.3) is 0 Å². The first-order valence-electron chi connectivity index (χ1n) is 6.22. The number of carbonyl (C=O) groups excluding carboxylic acids is 1. The van der Waals surface area contributed by atoms with Gasteiger partial charge in [0.05, 0.1) is 0 Å². The van der Waals surface area contributed by atoms with Crippen molar-refractivity contribution in [3.63, 3.8) is 0 Å². The lowest BCUT2D eigenvalue weighted by Gasteiger charge is -2.32. The first-order valence-corrected chi connectivity index (χ1v) is 6.22. The number of rotatable bonds is 4. The monoisotopic (exact) mass is 267 g/mol. The van der Waals surface area contributed by atoms with Gasteiger partial charge >= 0.3 is 12.2 Å². The summed E-state index contributed by atoms with van der Waals surface area (Å²) < 4.78 is 35.8. The maximum Gasteiger partial charge on any atom is 0.405 e. The summed E-state index contributed by atoms with van der Waals surface area (Å²) in [5, 5.41) is 5.14. The molecule has 0 unspecified atom stereocenters. The Hall–Kier alpha value is -0.980. The van der Waals surface area contributed by atoms with E-state index < -0.39 is 18.8 Å². The van der Waals surface area contributed by atoms with Gasteiger partial charge in [-0.2, -0.15) is 13.2 Å². The predicted octanol–water partition coefficient (Wildman–Crippen LogP) is 1.58. The number of piperidine rings is 1. The van der Waals surface area contributed by atoms with Crippen molar-refractivity contribution in [2.24, 2.45) is 5.92 Å². The van der Waals surface area contributed by atoms with Gasteiger partial charge in [0, 0.05) is 13.1 Å². The van der Waals surface area contributed by atoms with Gasteiger partial charge in [-0.1, -0.05) is 6.92 Å². The molecule has 1 saturated heterocycles. The molecule has 2 amide bonds. The van der Waals surface area contributed by atoms with Crippen LogP contribution >= 0.6 is 0 Å². The topological polar surface area (TPSA) is 44.4 Å². The number of carbonyl (C=O) groups is 1. The number of amides is 2. The Bertz CT molecular complexity index is 263. The molecule has 1 aliphatic heterocycles. The minimum Gasteiger partial charge on any atom is -0.329 e. The number of hydrogen-bond acceptors (Lipinski definition) is 2. The van der Waals surface area contributed by atoms with Gasteiger partial charge in [0.15, 0.2) is 0 Å². The van der Waals surface area contributed by atoms with E-state index in [1.165, 1.54) is 4.90 Å². The molecule has 0 aromatic carbocycles. The normalized spacial score (nSPS) is 17.9. The Morgan fingerprint density at radius 2 is 1.94 bits per heavy atom. The molecule has 0 bridgehead atoms. The molecule has 1 fully saturated rings. The van der Waals surface area contributed by atoms with Crippen LogP contribution in [0.15, 0.2) is 0 Å². The third-order valence-electron chi connectivity index (χ3n) is 3.02. The lowest BCUT2D eigenvalue weighted by atomic mass is 9.97. The van der Waals surface area contributed by atoms with Gasteiger partial charge in [-0.25, -0.2) is 4.79 Å². The summed E-state index contributed by atoms with van der Waals surface area (Å²) in [4.78, 5) is 12.9. The van der Waals surface area contributed by atoms with Crippen LogP contribution in [-0.2, 0) is 0 Å². The van der Waals surface area contributed by atoms with E-state index >= 15 is 0 Å². The fourth-order valence-electron chi connectivity index (χ4n) is 1.98. The molecule has 4 nitrogen and oxygen atoms in total. The summed E-state index contributed by atoms with van der Waals surface area (Å²) in [5.41, 5.74) is 0. The molecule has 0 radical (unpaired) electrons. The minimum atomic E-state index is -4.35. The highest BCUT2D eigenvalue weighted by Gasteiger charge is 2.29. The van der Waals surface area contributed by atoms with Crippen LogP contribution in [0.2, 0.25) is 0 Å². The van der Waals surface area contributed by atoms with Gasteiger partial charge < -0.3 is 15.5 Å². The number of alkyl halides is 3. The van der Waals surface area contributed by atoms with Crippen molar-refractivity contribution in [3.8, 4) is 0 Å². The van der Waals surface area contributed by atoms with E-state index in [4.69, 9.17) is 0 Å². The van der Waals surface area contributed by atoms with Crippen LogP contribution in [0.25, 0.3) is 0 Å². The van der Waals surface area contributed by atoms with Crippen LogP contribution in [-0.4, -0.2) is 49.8 Å². The predicted molar refractivity (Wildman–Crippen MR) is 62.3 cm³/mol. The molecule has 2 N–H and O–H groups in total. The summed E-state index contributed by atoms with van der Waals surface area (Å²) >= 11 is 0. The van der Waals surface area contributed by atoms with Gasteiger partial charge in [-0.3, -0.25) is 0 Å². The zero-order valence-electron chi connectivity index (χ0n) is 10.5. The number of nitrogens with one attached hydrogen (secondary N) is 2. The Balaban J connectivity index is 2.23. The highest BCUT2D eigenvalue weighted by atomic mass is 19.4. The highest BCUT2D eigenvalue weighted by molar-refractivity contribution is 5.74. The van der Waals surface area contributed by atoms with Crippen molar-refractivity contribution in [3.05, 3.63) is 0 Å². The summed E-state index contributed by atoms with van der Waals surface area (Å²) in [6.45, 7) is 3.64. The molecule has 1 rings (SSSR count). The average Bonchev–Trinajstić information content (AvgIpc) is 2.33. The highest BCUT2D eigenvalue weighted by Crippen LogP contribution is 2.17.